The lowest BCUT2D eigenvalue weighted by molar-refractivity contribution is 0.119. The Morgan fingerprint density at radius 3 is 2.31 bits per heavy atom. The summed E-state index contributed by atoms with van der Waals surface area (Å²) in [5, 5.41) is 0. The molecular weight excluding hydrogens is 164 g/mol. The van der Waals surface area contributed by atoms with Crippen LogP contribution in [0.4, 0.5) is 0 Å². The predicted molar refractivity (Wildman–Crippen MR) is 50.8 cm³/mol. The molecule has 3 fully saturated rings. The van der Waals surface area contributed by atoms with Crippen LogP contribution in [-0.2, 0) is 4.74 Å². The van der Waals surface area contributed by atoms with Crippen molar-refractivity contribution in [2.75, 3.05) is 39.3 Å². The number of rotatable bonds is 3. The van der Waals surface area contributed by atoms with Crippen LogP contribution >= 0.6 is 0 Å². The van der Waals surface area contributed by atoms with Crippen LogP contribution in [0.1, 0.15) is 12.8 Å². The van der Waals surface area contributed by atoms with Gasteiger partial charge >= 0.3 is 0 Å². The Labute approximate surface area is 79.6 Å². The van der Waals surface area contributed by atoms with Gasteiger partial charge in [0.05, 0.1) is 12.7 Å². The van der Waals surface area contributed by atoms with Crippen molar-refractivity contribution in [1.29, 1.82) is 0 Å². The average molecular weight is 182 g/mol. The maximum Gasteiger partial charge on any atom is 0.0936 e. The van der Waals surface area contributed by atoms with Crippen LogP contribution in [0.15, 0.2) is 0 Å². The van der Waals surface area contributed by atoms with Crippen LogP contribution < -0.4 is 0 Å². The van der Waals surface area contributed by atoms with Gasteiger partial charge in [-0.05, 0) is 12.8 Å². The van der Waals surface area contributed by atoms with Crippen LogP contribution in [0.25, 0.3) is 0 Å². The molecule has 0 amide bonds. The highest BCUT2D eigenvalue weighted by molar-refractivity contribution is 4.88. The predicted octanol–water partition coefficient (Wildman–Crippen LogP) is 0.165. The molecule has 3 rings (SSSR count). The molecule has 2 aliphatic heterocycles. The van der Waals surface area contributed by atoms with Crippen LogP contribution in [0.3, 0.4) is 0 Å². The molecule has 3 heteroatoms. The molecule has 0 N–H and O–H groups in total. The largest absolute Gasteiger partial charge is 0.372 e. The molecule has 0 unspecified atom stereocenters. The van der Waals surface area contributed by atoms with Gasteiger partial charge in [0.2, 0.25) is 0 Å². The summed E-state index contributed by atoms with van der Waals surface area (Å²) in [4.78, 5) is 5.21. The Hall–Kier alpha value is -0.120. The van der Waals surface area contributed by atoms with Crippen LogP contribution in [-0.4, -0.2) is 61.3 Å². The first-order valence-electron chi connectivity index (χ1n) is 5.50. The summed E-state index contributed by atoms with van der Waals surface area (Å²) < 4.78 is 5.24. The van der Waals surface area contributed by atoms with Crippen molar-refractivity contribution >= 4 is 0 Å². The van der Waals surface area contributed by atoms with Gasteiger partial charge in [-0.25, -0.2) is 0 Å². The van der Waals surface area contributed by atoms with E-state index in [1.54, 1.807) is 0 Å². The molecule has 0 bridgehead atoms. The van der Waals surface area contributed by atoms with Crippen molar-refractivity contribution in [2.45, 2.75) is 25.0 Å². The van der Waals surface area contributed by atoms with E-state index in [-0.39, 0.29) is 0 Å². The normalized spacial score (nSPS) is 36.5. The second-order valence-electron chi connectivity index (χ2n) is 4.52. The highest BCUT2D eigenvalue weighted by Gasteiger charge is 2.33. The summed E-state index contributed by atoms with van der Waals surface area (Å²) in [6.45, 7) is 7.28. The Morgan fingerprint density at radius 2 is 1.77 bits per heavy atom. The molecule has 1 saturated carbocycles. The number of ether oxygens (including phenoxy) is 1. The standard InChI is InChI=1S/C10H18N2O/c1-2-9(1)12-5-3-11(4-6-12)7-10-8-13-10/h9-10H,1-8H2/t10-/m0/s1. The molecule has 2 saturated heterocycles. The summed E-state index contributed by atoms with van der Waals surface area (Å²) >= 11 is 0. The van der Waals surface area contributed by atoms with Crippen LogP contribution in [0.5, 0.6) is 0 Å². The Bertz CT molecular complexity index is 181. The zero-order valence-corrected chi connectivity index (χ0v) is 8.11. The van der Waals surface area contributed by atoms with Gasteiger partial charge in [0.15, 0.2) is 0 Å². The molecule has 0 radical (unpaired) electrons. The van der Waals surface area contributed by atoms with E-state index >= 15 is 0 Å². The van der Waals surface area contributed by atoms with E-state index < -0.39 is 0 Å². The fourth-order valence-electron chi connectivity index (χ4n) is 2.21. The first kappa shape index (κ1) is 8.21. The quantitative estimate of drug-likeness (QED) is 0.580. The summed E-state index contributed by atoms with van der Waals surface area (Å²) in [7, 11) is 0. The minimum absolute atomic E-state index is 0.576. The third-order valence-electron chi connectivity index (χ3n) is 3.33. The van der Waals surface area contributed by atoms with E-state index in [4.69, 9.17) is 4.74 Å². The number of epoxide rings is 1. The summed E-state index contributed by atoms with van der Waals surface area (Å²) in [6, 6.07) is 0.958. The molecule has 2 heterocycles. The molecule has 0 aromatic rings. The second-order valence-corrected chi connectivity index (χ2v) is 4.52. The Kier molecular flexibility index (Phi) is 2.04. The summed E-state index contributed by atoms with van der Waals surface area (Å²) in [5.74, 6) is 0. The van der Waals surface area contributed by atoms with Gasteiger partial charge in [0, 0.05) is 38.8 Å². The zero-order chi connectivity index (χ0) is 8.67. The molecule has 0 spiro atoms. The Balaban J connectivity index is 1.43. The molecule has 1 atom stereocenters. The van der Waals surface area contributed by atoms with E-state index in [9.17, 15) is 0 Å². The third-order valence-corrected chi connectivity index (χ3v) is 3.33. The fourth-order valence-corrected chi connectivity index (χ4v) is 2.21. The molecule has 74 valence electrons. The third kappa shape index (κ3) is 2.03. The molecule has 3 aliphatic rings. The molecule has 3 nitrogen and oxygen atoms in total. The van der Waals surface area contributed by atoms with Crippen molar-refractivity contribution in [3.8, 4) is 0 Å². The number of hydrogen-bond donors (Lipinski definition) is 0. The number of nitrogens with zero attached hydrogens (tertiary/aromatic N) is 2. The minimum Gasteiger partial charge on any atom is -0.372 e. The van der Waals surface area contributed by atoms with Crippen molar-refractivity contribution in [3.63, 3.8) is 0 Å². The highest BCUT2D eigenvalue weighted by atomic mass is 16.6. The minimum atomic E-state index is 0.576. The summed E-state index contributed by atoms with van der Waals surface area (Å²) in [5.41, 5.74) is 0. The summed E-state index contributed by atoms with van der Waals surface area (Å²) in [6.07, 6.45) is 3.48. The maximum absolute atomic E-state index is 5.24. The second kappa shape index (κ2) is 3.23. The van der Waals surface area contributed by atoms with Crippen molar-refractivity contribution < 1.29 is 4.74 Å². The smallest absolute Gasteiger partial charge is 0.0936 e. The molecule has 0 aromatic carbocycles. The lowest BCUT2D eigenvalue weighted by atomic mass is 10.3. The Morgan fingerprint density at radius 1 is 1.08 bits per heavy atom. The van der Waals surface area contributed by atoms with Gasteiger partial charge < -0.3 is 4.74 Å². The highest BCUT2D eigenvalue weighted by Crippen LogP contribution is 2.27. The van der Waals surface area contributed by atoms with E-state index in [0.717, 1.165) is 12.6 Å². The monoisotopic (exact) mass is 182 g/mol. The van der Waals surface area contributed by atoms with E-state index in [1.165, 1.54) is 45.6 Å². The topological polar surface area (TPSA) is 19.0 Å². The van der Waals surface area contributed by atoms with Crippen molar-refractivity contribution in [2.24, 2.45) is 0 Å². The molecule has 1 aliphatic carbocycles. The first-order valence-corrected chi connectivity index (χ1v) is 5.50. The SMILES string of the molecule is C1CC1N1CCN(C[C@H]2CO2)CC1. The van der Waals surface area contributed by atoms with Crippen LogP contribution in [0.2, 0.25) is 0 Å². The van der Waals surface area contributed by atoms with Gasteiger partial charge in [-0.2, -0.15) is 0 Å². The maximum atomic E-state index is 5.24. The first-order chi connectivity index (χ1) is 6.42. The van der Waals surface area contributed by atoms with Crippen molar-refractivity contribution in [1.82, 2.24) is 9.80 Å². The van der Waals surface area contributed by atoms with Gasteiger partial charge in [-0.3, -0.25) is 9.80 Å². The molecule has 13 heavy (non-hydrogen) atoms. The van der Waals surface area contributed by atoms with E-state index in [1.807, 2.05) is 0 Å². The van der Waals surface area contributed by atoms with Gasteiger partial charge in [-0.1, -0.05) is 0 Å². The number of hydrogen-bond acceptors (Lipinski definition) is 3. The van der Waals surface area contributed by atoms with Crippen LogP contribution in [0, 0.1) is 0 Å². The molecular formula is C10H18N2O. The van der Waals surface area contributed by atoms with Gasteiger partial charge in [0.25, 0.3) is 0 Å². The average Bonchev–Trinajstić information content (AvgIpc) is 3.01. The number of piperazine rings is 1. The van der Waals surface area contributed by atoms with E-state index in [2.05, 4.69) is 9.80 Å². The lowest BCUT2D eigenvalue weighted by Crippen LogP contribution is -2.48. The zero-order valence-electron chi connectivity index (χ0n) is 8.11. The fraction of sp³-hybridized carbons (Fsp3) is 1.00. The van der Waals surface area contributed by atoms with Gasteiger partial charge in [-0.15, -0.1) is 0 Å². The van der Waals surface area contributed by atoms with E-state index in [0.29, 0.717) is 6.10 Å². The lowest BCUT2D eigenvalue weighted by Gasteiger charge is -2.34. The van der Waals surface area contributed by atoms with Gasteiger partial charge in [0.1, 0.15) is 0 Å². The molecule has 0 aromatic heterocycles. The van der Waals surface area contributed by atoms with Crippen molar-refractivity contribution in [3.05, 3.63) is 0 Å².